The summed E-state index contributed by atoms with van der Waals surface area (Å²) < 4.78 is 27.9. The minimum Gasteiger partial charge on any atom is -0.370 e. The summed E-state index contributed by atoms with van der Waals surface area (Å²) in [5.41, 5.74) is 0. The lowest BCUT2D eigenvalue weighted by Crippen LogP contribution is -3.14. The summed E-state index contributed by atoms with van der Waals surface area (Å²) in [6.07, 6.45) is 2.01. The molecule has 0 unspecified atom stereocenters. The van der Waals surface area contributed by atoms with Crippen LogP contribution < -0.4 is 10.2 Å². The highest BCUT2D eigenvalue weighted by atomic mass is 32.2. The topological polar surface area (TPSA) is 64.4 Å². The summed E-state index contributed by atoms with van der Waals surface area (Å²) in [5.74, 6) is 0.778. The van der Waals surface area contributed by atoms with Gasteiger partial charge >= 0.3 is 0 Å². The maximum absolute atomic E-state index is 11.3. The third-order valence-corrected chi connectivity index (χ3v) is 5.50. The molecule has 0 saturated carbocycles. The Morgan fingerprint density at radius 2 is 2.06 bits per heavy atom. The van der Waals surface area contributed by atoms with E-state index in [1.54, 1.807) is 4.90 Å². The quantitative estimate of drug-likeness (QED) is 0.522. The molecule has 0 radical (unpaired) electrons. The van der Waals surface area contributed by atoms with Crippen molar-refractivity contribution in [1.29, 1.82) is 0 Å². The van der Waals surface area contributed by atoms with Crippen molar-refractivity contribution in [2.45, 2.75) is 18.9 Å². The fourth-order valence-corrected chi connectivity index (χ4v) is 4.41. The molecule has 0 aliphatic carbocycles. The number of hydrogen-bond acceptors (Lipinski definition) is 3. The average Bonchev–Trinajstić information content (AvgIpc) is 2.66. The predicted molar refractivity (Wildman–Crippen MR) is 64.9 cm³/mol. The molecule has 3 N–H and O–H groups in total. The zero-order valence-electron chi connectivity index (χ0n) is 10.4. The average molecular weight is 264 g/mol. The molecule has 2 aliphatic rings. The van der Waals surface area contributed by atoms with Crippen LogP contribution in [0.15, 0.2) is 0 Å². The van der Waals surface area contributed by atoms with E-state index in [2.05, 4.69) is 5.32 Å². The number of quaternary nitrogens is 2. The van der Waals surface area contributed by atoms with Gasteiger partial charge in [-0.2, -0.15) is 0 Å². The number of rotatable bonds is 5. The summed E-state index contributed by atoms with van der Waals surface area (Å²) in [7, 11) is -2.71. The summed E-state index contributed by atoms with van der Waals surface area (Å²) in [5, 5.41) is 2.23. The van der Waals surface area contributed by atoms with Crippen molar-refractivity contribution in [3.63, 3.8) is 0 Å². The Morgan fingerprint density at radius 3 is 2.71 bits per heavy atom. The van der Waals surface area contributed by atoms with Gasteiger partial charge in [0.2, 0.25) is 0 Å². The third-order valence-electron chi connectivity index (χ3n) is 3.70. The molecule has 5 nitrogen and oxygen atoms in total. The summed E-state index contributed by atoms with van der Waals surface area (Å²) in [6, 6.07) is 0.319. The number of morpholine rings is 1. The third kappa shape index (κ3) is 4.54. The minimum atomic E-state index is -2.71. The van der Waals surface area contributed by atoms with Crippen molar-refractivity contribution in [2.75, 3.05) is 50.9 Å². The molecular formula is C11H24N2O3S+2. The molecule has 0 aromatic rings. The van der Waals surface area contributed by atoms with Crippen molar-refractivity contribution in [2.24, 2.45) is 0 Å². The lowest BCUT2D eigenvalue weighted by Gasteiger charge is -2.23. The van der Waals surface area contributed by atoms with Gasteiger partial charge in [0.1, 0.15) is 24.9 Å². The van der Waals surface area contributed by atoms with Crippen molar-refractivity contribution < 1.29 is 23.4 Å². The first-order valence-corrected chi connectivity index (χ1v) is 8.43. The zero-order valence-corrected chi connectivity index (χ0v) is 11.2. The Balaban J connectivity index is 1.54. The Morgan fingerprint density at radius 1 is 1.29 bits per heavy atom. The maximum atomic E-state index is 11.3. The van der Waals surface area contributed by atoms with Gasteiger partial charge in [-0.3, -0.25) is 0 Å². The van der Waals surface area contributed by atoms with E-state index < -0.39 is 9.84 Å². The van der Waals surface area contributed by atoms with Gasteiger partial charge in [-0.25, -0.2) is 8.42 Å². The second-order valence-corrected chi connectivity index (χ2v) is 7.38. The van der Waals surface area contributed by atoms with Gasteiger partial charge in [0, 0.05) is 12.8 Å². The molecule has 2 saturated heterocycles. The predicted octanol–water partition coefficient (Wildman–Crippen LogP) is -2.96. The van der Waals surface area contributed by atoms with Crippen LogP contribution in [0.4, 0.5) is 0 Å². The van der Waals surface area contributed by atoms with Crippen LogP contribution in [0.1, 0.15) is 12.8 Å². The summed E-state index contributed by atoms with van der Waals surface area (Å²) >= 11 is 0. The van der Waals surface area contributed by atoms with E-state index in [1.165, 1.54) is 13.0 Å². The molecule has 2 aliphatic heterocycles. The number of hydrogen-bond donors (Lipinski definition) is 2. The first kappa shape index (κ1) is 13.3. The molecule has 0 spiro atoms. The van der Waals surface area contributed by atoms with E-state index >= 15 is 0 Å². The second-order valence-electron chi connectivity index (χ2n) is 5.15. The zero-order chi connectivity index (χ0) is 12.1. The van der Waals surface area contributed by atoms with E-state index in [0.717, 1.165) is 39.3 Å². The second kappa shape index (κ2) is 6.13. The lowest BCUT2D eigenvalue weighted by atomic mass is 10.2. The Labute approximate surface area is 103 Å². The SMILES string of the molecule is O=S1(=O)CC[C@@H]([NH2+]CCC[NH+]2CCOCC2)C1. The molecule has 2 rings (SSSR count). The molecule has 2 heterocycles. The first-order valence-electron chi connectivity index (χ1n) is 6.61. The van der Waals surface area contributed by atoms with E-state index in [0.29, 0.717) is 17.5 Å². The van der Waals surface area contributed by atoms with Crippen LogP contribution in [0.5, 0.6) is 0 Å². The molecule has 2 fully saturated rings. The molecule has 0 aromatic carbocycles. The van der Waals surface area contributed by atoms with Crippen LogP contribution >= 0.6 is 0 Å². The monoisotopic (exact) mass is 264 g/mol. The number of sulfone groups is 1. The van der Waals surface area contributed by atoms with Crippen LogP contribution in [0.3, 0.4) is 0 Å². The smallest absolute Gasteiger partial charge is 0.156 e. The van der Waals surface area contributed by atoms with Crippen LogP contribution in [0.25, 0.3) is 0 Å². The van der Waals surface area contributed by atoms with Crippen molar-refractivity contribution in [3.05, 3.63) is 0 Å². The van der Waals surface area contributed by atoms with E-state index in [4.69, 9.17) is 4.74 Å². The molecule has 6 heteroatoms. The molecule has 1 atom stereocenters. The van der Waals surface area contributed by atoms with Gasteiger partial charge in [-0.15, -0.1) is 0 Å². The van der Waals surface area contributed by atoms with Crippen LogP contribution in [0.2, 0.25) is 0 Å². The van der Waals surface area contributed by atoms with E-state index in [9.17, 15) is 8.42 Å². The lowest BCUT2D eigenvalue weighted by molar-refractivity contribution is -0.909. The van der Waals surface area contributed by atoms with Crippen molar-refractivity contribution in [1.82, 2.24) is 0 Å². The number of ether oxygens (including phenoxy) is 1. The normalized spacial score (nSPS) is 29.5. The van der Waals surface area contributed by atoms with Crippen molar-refractivity contribution >= 4 is 9.84 Å². The molecule has 17 heavy (non-hydrogen) atoms. The van der Waals surface area contributed by atoms with Gasteiger partial charge in [-0.05, 0) is 0 Å². The molecule has 100 valence electrons. The summed E-state index contributed by atoms with van der Waals surface area (Å²) in [6.45, 7) is 6.28. The standard InChI is InChI=1S/C11H22N2O3S/c14-17(15)9-2-11(10-17)12-3-1-4-13-5-7-16-8-6-13/h11-12H,1-10H2/p+2/t11-/m1/s1. The highest BCUT2D eigenvalue weighted by Crippen LogP contribution is 2.07. The van der Waals surface area contributed by atoms with Crippen LogP contribution in [-0.2, 0) is 14.6 Å². The number of nitrogens with two attached hydrogens (primary N) is 1. The summed E-state index contributed by atoms with van der Waals surface area (Å²) in [4.78, 5) is 1.63. The highest BCUT2D eigenvalue weighted by molar-refractivity contribution is 7.91. The Bertz CT molecular complexity index is 326. The Kier molecular flexibility index (Phi) is 4.78. The fraction of sp³-hybridized carbons (Fsp3) is 1.00. The van der Waals surface area contributed by atoms with Crippen molar-refractivity contribution in [3.8, 4) is 0 Å². The largest absolute Gasteiger partial charge is 0.370 e. The van der Waals surface area contributed by atoms with E-state index in [-0.39, 0.29) is 0 Å². The molecule has 0 aromatic heterocycles. The van der Waals surface area contributed by atoms with Gasteiger partial charge in [0.05, 0.1) is 32.1 Å². The first-order chi connectivity index (χ1) is 8.16. The molecule has 0 bridgehead atoms. The number of nitrogens with one attached hydrogen (secondary N) is 1. The highest BCUT2D eigenvalue weighted by Gasteiger charge is 2.30. The maximum Gasteiger partial charge on any atom is 0.156 e. The Hall–Kier alpha value is -0.170. The molecular weight excluding hydrogens is 240 g/mol. The van der Waals surface area contributed by atoms with Crippen LogP contribution in [0, 0.1) is 0 Å². The molecule has 0 amide bonds. The van der Waals surface area contributed by atoms with Gasteiger partial charge < -0.3 is 15.0 Å². The fourth-order valence-electron chi connectivity index (χ4n) is 2.63. The van der Waals surface area contributed by atoms with Crippen LogP contribution in [-0.4, -0.2) is 65.4 Å². The van der Waals surface area contributed by atoms with Gasteiger partial charge in [-0.1, -0.05) is 0 Å². The van der Waals surface area contributed by atoms with Gasteiger partial charge in [0.25, 0.3) is 0 Å². The minimum absolute atomic E-state index is 0.319. The van der Waals surface area contributed by atoms with Gasteiger partial charge in [0.15, 0.2) is 9.84 Å². The van der Waals surface area contributed by atoms with E-state index in [1.807, 2.05) is 0 Å².